The fourth-order valence-electron chi connectivity index (χ4n) is 2.64. The highest BCUT2D eigenvalue weighted by Gasteiger charge is 2.29. The zero-order chi connectivity index (χ0) is 17.2. The number of nitrogens with zero attached hydrogens (tertiary/aromatic N) is 2. The Kier molecular flexibility index (Phi) is 4.93. The third-order valence-corrected chi connectivity index (χ3v) is 5.29. The second-order valence-corrected chi connectivity index (χ2v) is 7.69. The van der Waals surface area contributed by atoms with Crippen LogP contribution < -0.4 is 4.72 Å². The predicted molar refractivity (Wildman–Crippen MR) is 85.0 cm³/mol. The van der Waals surface area contributed by atoms with E-state index in [0.717, 1.165) is 12.8 Å². The van der Waals surface area contributed by atoms with E-state index >= 15 is 0 Å². The Labute approximate surface area is 139 Å². The molecule has 0 amide bonds. The summed E-state index contributed by atoms with van der Waals surface area (Å²) < 4.78 is 46.1. The standard InChI is InChI=1S/C15H19FN4O3S/c1-10-2-3-11(6-13(10)16)8-24(21,22)19-7-12-4-5-14(23-12)15-17-9-18-20-15/h2-3,6,9,12,14,19H,4-5,7-8H2,1H3,(H,17,18,20)/t12-,14+/m1/s1. The Balaban J connectivity index is 1.53. The van der Waals surface area contributed by atoms with Crippen molar-refractivity contribution in [1.29, 1.82) is 0 Å². The number of halogens is 1. The fourth-order valence-corrected chi connectivity index (χ4v) is 3.80. The second-order valence-electron chi connectivity index (χ2n) is 5.89. The van der Waals surface area contributed by atoms with Crippen molar-refractivity contribution in [2.45, 2.75) is 37.7 Å². The second kappa shape index (κ2) is 6.96. The Hall–Kier alpha value is -1.84. The molecule has 24 heavy (non-hydrogen) atoms. The molecule has 0 saturated carbocycles. The third kappa shape index (κ3) is 4.16. The molecule has 1 aliphatic heterocycles. The van der Waals surface area contributed by atoms with E-state index in [1.54, 1.807) is 19.1 Å². The molecule has 0 radical (unpaired) electrons. The van der Waals surface area contributed by atoms with Crippen molar-refractivity contribution in [3.05, 3.63) is 47.3 Å². The van der Waals surface area contributed by atoms with Gasteiger partial charge in [0.1, 0.15) is 18.2 Å². The van der Waals surface area contributed by atoms with Crippen LogP contribution in [0.15, 0.2) is 24.5 Å². The monoisotopic (exact) mass is 354 g/mol. The summed E-state index contributed by atoms with van der Waals surface area (Å²) in [6.07, 6.45) is 2.49. The molecule has 2 N–H and O–H groups in total. The molecule has 1 saturated heterocycles. The minimum Gasteiger partial charge on any atom is -0.366 e. The van der Waals surface area contributed by atoms with Crippen LogP contribution in [0.1, 0.15) is 35.9 Å². The van der Waals surface area contributed by atoms with Crippen LogP contribution in [-0.4, -0.2) is 36.2 Å². The van der Waals surface area contributed by atoms with E-state index in [0.29, 0.717) is 17.0 Å². The average molecular weight is 354 g/mol. The Morgan fingerprint density at radius 2 is 2.25 bits per heavy atom. The van der Waals surface area contributed by atoms with Crippen molar-refractivity contribution in [3.63, 3.8) is 0 Å². The van der Waals surface area contributed by atoms with Gasteiger partial charge in [0.2, 0.25) is 10.0 Å². The summed E-state index contributed by atoms with van der Waals surface area (Å²) in [7, 11) is -3.56. The first kappa shape index (κ1) is 17.0. The molecule has 0 aliphatic carbocycles. The molecule has 0 spiro atoms. The van der Waals surface area contributed by atoms with Crippen molar-refractivity contribution in [1.82, 2.24) is 19.9 Å². The predicted octanol–water partition coefficient (Wildman–Crippen LogP) is 1.59. The normalized spacial score (nSPS) is 21.2. The van der Waals surface area contributed by atoms with Gasteiger partial charge in [-0.15, -0.1) is 0 Å². The number of hydrogen-bond acceptors (Lipinski definition) is 5. The van der Waals surface area contributed by atoms with Gasteiger partial charge in [-0.25, -0.2) is 22.5 Å². The molecule has 1 aromatic carbocycles. The van der Waals surface area contributed by atoms with Gasteiger partial charge in [-0.3, -0.25) is 5.10 Å². The Morgan fingerprint density at radius 1 is 1.42 bits per heavy atom. The zero-order valence-corrected chi connectivity index (χ0v) is 14.0. The molecular weight excluding hydrogens is 335 g/mol. The summed E-state index contributed by atoms with van der Waals surface area (Å²) in [6.45, 7) is 1.82. The minimum absolute atomic E-state index is 0.182. The van der Waals surface area contributed by atoms with Crippen LogP contribution in [0.25, 0.3) is 0 Å². The van der Waals surface area contributed by atoms with E-state index in [4.69, 9.17) is 4.74 Å². The van der Waals surface area contributed by atoms with E-state index in [-0.39, 0.29) is 24.5 Å². The van der Waals surface area contributed by atoms with Gasteiger partial charge in [-0.1, -0.05) is 12.1 Å². The SMILES string of the molecule is Cc1ccc(CS(=O)(=O)NC[C@H]2CC[C@@H](c3ncn[nH]3)O2)cc1F. The molecule has 9 heteroatoms. The zero-order valence-electron chi connectivity index (χ0n) is 13.2. The maximum Gasteiger partial charge on any atom is 0.215 e. The van der Waals surface area contributed by atoms with E-state index < -0.39 is 15.8 Å². The van der Waals surface area contributed by atoms with Gasteiger partial charge in [0.15, 0.2) is 5.82 Å². The summed E-state index contributed by atoms with van der Waals surface area (Å²) in [4.78, 5) is 4.05. The molecule has 2 aromatic rings. The lowest BCUT2D eigenvalue weighted by atomic mass is 10.2. The van der Waals surface area contributed by atoms with Crippen LogP contribution in [0.2, 0.25) is 0 Å². The maximum atomic E-state index is 13.5. The molecule has 2 atom stereocenters. The van der Waals surface area contributed by atoms with Crippen LogP contribution >= 0.6 is 0 Å². The van der Waals surface area contributed by atoms with Gasteiger partial charge in [-0.05, 0) is 37.0 Å². The van der Waals surface area contributed by atoms with Crippen molar-refractivity contribution in [3.8, 4) is 0 Å². The molecule has 1 aromatic heterocycles. The molecule has 130 valence electrons. The van der Waals surface area contributed by atoms with Gasteiger partial charge in [-0.2, -0.15) is 5.10 Å². The molecule has 2 heterocycles. The van der Waals surface area contributed by atoms with Gasteiger partial charge in [0.25, 0.3) is 0 Å². The van der Waals surface area contributed by atoms with Crippen molar-refractivity contribution in [2.75, 3.05) is 6.54 Å². The molecule has 1 fully saturated rings. The quantitative estimate of drug-likeness (QED) is 0.821. The summed E-state index contributed by atoms with van der Waals surface area (Å²) in [6, 6.07) is 4.44. The number of ether oxygens (including phenoxy) is 1. The number of H-pyrrole nitrogens is 1. The van der Waals surface area contributed by atoms with Crippen molar-refractivity contribution < 1.29 is 17.5 Å². The van der Waals surface area contributed by atoms with E-state index in [1.807, 2.05) is 0 Å². The summed E-state index contributed by atoms with van der Waals surface area (Å²) in [5.74, 6) is -0.0187. The largest absolute Gasteiger partial charge is 0.366 e. The lowest BCUT2D eigenvalue weighted by Crippen LogP contribution is -2.32. The van der Waals surface area contributed by atoms with Crippen LogP contribution in [0.5, 0.6) is 0 Å². The first-order valence-corrected chi connectivity index (χ1v) is 9.31. The number of rotatable bonds is 6. The van der Waals surface area contributed by atoms with Crippen molar-refractivity contribution >= 4 is 10.0 Å². The number of sulfonamides is 1. The minimum atomic E-state index is -3.56. The molecule has 0 unspecified atom stereocenters. The first-order chi connectivity index (χ1) is 11.4. The van der Waals surface area contributed by atoms with Crippen LogP contribution in [0.4, 0.5) is 4.39 Å². The van der Waals surface area contributed by atoms with Crippen LogP contribution in [0.3, 0.4) is 0 Å². The fraction of sp³-hybridized carbons (Fsp3) is 0.467. The Bertz CT molecular complexity index is 795. The Morgan fingerprint density at radius 3 is 2.96 bits per heavy atom. The first-order valence-electron chi connectivity index (χ1n) is 7.66. The lowest BCUT2D eigenvalue weighted by molar-refractivity contribution is 0.0430. The molecule has 0 bridgehead atoms. The number of aromatic nitrogens is 3. The lowest BCUT2D eigenvalue weighted by Gasteiger charge is -2.13. The molecular formula is C15H19FN4O3S. The average Bonchev–Trinajstić information content (AvgIpc) is 3.19. The van der Waals surface area contributed by atoms with E-state index in [2.05, 4.69) is 19.9 Å². The topological polar surface area (TPSA) is 97.0 Å². The van der Waals surface area contributed by atoms with Gasteiger partial charge in [0, 0.05) is 6.54 Å². The summed E-state index contributed by atoms with van der Waals surface area (Å²) >= 11 is 0. The number of nitrogens with one attached hydrogen (secondary N) is 2. The van der Waals surface area contributed by atoms with Gasteiger partial charge < -0.3 is 4.74 Å². The van der Waals surface area contributed by atoms with E-state index in [1.165, 1.54) is 12.4 Å². The van der Waals surface area contributed by atoms with Crippen LogP contribution in [-0.2, 0) is 20.5 Å². The number of hydrogen-bond donors (Lipinski definition) is 2. The number of aromatic amines is 1. The van der Waals surface area contributed by atoms with Gasteiger partial charge >= 0.3 is 0 Å². The van der Waals surface area contributed by atoms with Crippen molar-refractivity contribution in [2.24, 2.45) is 0 Å². The highest BCUT2D eigenvalue weighted by Crippen LogP contribution is 2.30. The van der Waals surface area contributed by atoms with Gasteiger partial charge in [0.05, 0.1) is 11.9 Å². The highest BCUT2D eigenvalue weighted by molar-refractivity contribution is 7.88. The number of aryl methyl sites for hydroxylation is 1. The van der Waals surface area contributed by atoms with Crippen LogP contribution in [0, 0.1) is 12.7 Å². The third-order valence-electron chi connectivity index (χ3n) is 3.97. The summed E-state index contributed by atoms with van der Waals surface area (Å²) in [5, 5.41) is 6.53. The molecule has 1 aliphatic rings. The molecule has 7 nitrogen and oxygen atoms in total. The summed E-state index contributed by atoms with van der Waals surface area (Å²) in [5.41, 5.74) is 0.902. The smallest absolute Gasteiger partial charge is 0.215 e. The molecule has 3 rings (SSSR count). The van der Waals surface area contributed by atoms with E-state index in [9.17, 15) is 12.8 Å². The number of benzene rings is 1. The highest BCUT2D eigenvalue weighted by atomic mass is 32.2. The maximum absolute atomic E-state index is 13.5.